The van der Waals surface area contributed by atoms with Crippen LogP contribution in [0.15, 0.2) is 54.6 Å². The molecule has 0 saturated heterocycles. The molecule has 21 heavy (non-hydrogen) atoms. The fourth-order valence-corrected chi connectivity index (χ4v) is 2.72. The van der Waals surface area contributed by atoms with Crippen LogP contribution in [0.4, 0.5) is 5.95 Å². The van der Waals surface area contributed by atoms with Crippen molar-refractivity contribution >= 4 is 35.3 Å². The molecule has 1 aliphatic heterocycles. The fourth-order valence-electron chi connectivity index (χ4n) is 2.72. The number of anilines is 1. The second-order valence-corrected chi connectivity index (χ2v) is 4.87. The number of amides is 1. The molecule has 0 saturated carbocycles. The van der Waals surface area contributed by atoms with Crippen molar-refractivity contribution in [3.05, 3.63) is 60.2 Å². The van der Waals surface area contributed by atoms with Crippen LogP contribution in [0.5, 0.6) is 0 Å². The summed E-state index contributed by atoms with van der Waals surface area (Å²) < 4.78 is 2.11. The van der Waals surface area contributed by atoms with E-state index in [1.54, 1.807) is 4.90 Å². The lowest BCUT2D eigenvalue weighted by Gasteiger charge is -2.13. The smallest absolute Gasteiger partial charge is 0.260 e. The summed E-state index contributed by atoms with van der Waals surface area (Å²) >= 11 is 0. The summed E-state index contributed by atoms with van der Waals surface area (Å²) in [5, 5.41) is 0. The van der Waals surface area contributed by atoms with Crippen LogP contribution in [0.2, 0.25) is 0 Å². The van der Waals surface area contributed by atoms with E-state index in [1.165, 1.54) is 0 Å². The molecule has 0 unspecified atom stereocenters. The first kappa shape index (κ1) is 13.6. The maximum absolute atomic E-state index is 12.6. The van der Waals surface area contributed by atoms with E-state index in [0.29, 0.717) is 12.1 Å². The predicted molar refractivity (Wildman–Crippen MR) is 85.1 cm³/mol. The number of imidazole rings is 1. The number of para-hydroxylation sites is 2. The molecule has 0 bridgehead atoms. The number of hydrogen-bond acceptors (Lipinski definition) is 2. The molecule has 0 aliphatic carbocycles. The Hall–Kier alpha value is -2.33. The molecular formula is C16H14ClN3O. The van der Waals surface area contributed by atoms with Crippen molar-refractivity contribution in [1.29, 1.82) is 0 Å². The summed E-state index contributed by atoms with van der Waals surface area (Å²) in [5.41, 5.74) is 2.73. The van der Waals surface area contributed by atoms with Crippen molar-refractivity contribution < 1.29 is 4.79 Å². The number of carbonyl (C=O) groups excluding carboxylic acids is 1. The zero-order chi connectivity index (χ0) is 13.5. The Labute approximate surface area is 128 Å². The number of hydrogen-bond donors (Lipinski definition) is 0. The lowest BCUT2D eigenvalue weighted by Crippen LogP contribution is -2.29. The van der Waals surface area contributed by atoms with E-state index in [0.717, 1.165) is 23.5 Å². The lowest BCUT2D eigenvalue weighted by atomic mass is 10.2. The van der Waals surface area contributed by atoms with Crippen molar-refractivity contribution in [3.8, 4) is 0 Å². The molecule has 1 aliphatic rings. The highest BCUT2D eigenvalue weighted by Crippen LogP contribution is 2.28. The van der Waals surface area contributed by atoms with Gasteiger partial charge >= 0.3 is 0 Å². The van der Waals surface area contributed by atoms with Crippen LogP contribution >= 0.6 is 12.4 Å². The van der Waals surface area contributed by atoms with E-state index >= 15 is 0 Å². The van der Waals surface area contributed by atoms with Crippen LogP contribution in [0.1, 0.15) is 10.4 Å². The van der Waals surface area contributed by atoms with Crippen molar-refractivity contribution in [2.24, 2.45) is 0 Å². The topological polar surface area (TPSA) is 38.1 Å². The Morgan fingerprint density at radius 1 is 0.952 bits per heavy atom. The number of nitrogens with zero attached hydrogens (tertiary/aromatic N) is 3. The lowest BCUT2D eigenvalue weighted by molar-refractivity contribution is 0.0989. The molecule has 0 atom stereocenters. The van der Waals surface area contributed by atoms with E-state index in [4.69, 9.17) is 0 Å². The highest BCUT2D eigenvalue weighted by atomic mass is 35.5. The summed E-state index contributed by atoms with van der Waals surface area (Å²) in [5.74, 6) is 0.764. The van der Waals surface area contributed by atoms with E-state index in [1.807, 2.05) is 54.6 Å². The maximum Gasteiger partial charge on any atom is 0.260 e. The first-order chi connectivity index (χ1) is 9.84. The van der Waals surface area contributed by atoms with Gasteiger partial charge in [-0.3, -0.25) is 9.69 Å². The molecule has 0 fully saturated rings. The van der Waals surface area contributed by atoms with Crippen molar-refractivity contribution in [3.63, 3.8) is 0 Å². The zero-order valence-corrected chi connectivity index (χ0v) is 12.1. The third kappa shape index (κ3) is 2.08. The van der Waals surface area contributed by atoms with Gasteiger partial charge < -0.3 is 4.57 Å². The van der Waals surface area contributed by atoms with Gasteiger partial charge in [-0.25, -0.2) is 4.98 Å². The number of benzene rings is 2. The van der Waals surface area contributed by atoms with Gasteiger partial charge in [0, 0.05) is 18.7 Å². The van der Waals surface area contributed by atoms with Gasteiger partial charge in [0.15, 0.2) is 0 Å². The molecule has 3 aromatic rings. The molecule has 0 spiro atoms. The first-order valence-electron chi connectivity index (χ1n) is 6.67. The third-order valence-electron chi connectivity index (χ3n) is 3.69. The molecule has 0 N–H and O–H groups in total. The number of halogens is 1. The van der Waals surface area contributed by atoms with Crippen LogP contribution in [-0.2, 0) is 6.54 Å². The van der Waals surface area contributed by atoms with Crippen LogP contribution in [-0.4, -0.2) is 22.0 Å². The summed E-state index contributed by atoms with van der Waals surface area (Å²) in [6, 6.07) is 17.3. The Morgan fingerprint density at radius 3 is 2.48 bits per heavy atom. The molecule has 4 rings (SSSR count). The Balaban J connectivity index is 0.00000132. The molecule has 106 valence electrons. The van der Waals surface area contributed by atoms with Crippen molar-refractivity contribution in [2.45, 2.75) is 6.54 Å². The minimum absolute atomic E-state index is 0. The molecule has 1 aromatic heterocycles. The zero-order valence-electron chi connectivity index (χ0n) is 11.3. The minimum atomic E-state index is 0. The van der Waals surface area contributed by atoms with E-state index < -0.39 is 0 Å². The van der Waals surface area contributed by atoms with E-state index in [-0.39, 0.29) is 18.3 Å². The van der Waals surface area contributed by atoms with Gasteiger partial charge in [-0.1, -0.05) is 30.3 Å². The SMILES string of the molecule is Cl.O=C(c1ccccc1)N1CCn2c1nc1ccccc12. The summed E-state index contributed by atoms with van der Waals surface area (Å²) in [4.78, 5) is 18.9. The molecule has 0 radical (unpaired) electrons. The quantitative estimate of drug-likeness (QED) is 0.692. The highest BCUT2D eigenvalue weighted by Gasteiger charge is 2.28. The predicted octanol–water partition coefficient (Wildman–Crippen LogP) is 3.12. The van der Waals surface area contributed by atoms with Crippen LogP contribution < -0.4 is 4.90 Å². The van der Waals surface area contributed by atoms with Crippen molar-refractivity contribution in [2.75, 3.05) is 11.4 Å². The maximum atomic E-state index is 12.6. The fraction of sp³-hybridized carbons (Fsp3) is 0.125. The van der Waals surface area contributed by atoms with E-state index in [2.05, 4.69) is 9.55 Å². The summed E-state index contributed by atoms with van der Waals surface area (Å²) in [7, 11) is 0. The van der Waals surface area contributed by atoms with Crippen molar-refractivity contribution in [1.82, 2.24) is 9.55 Å². The average Bonchev–Trinajstić information content (AvgIpc) is 3.06. The largest absolute Gasteiger partial charge is 0.308 e. The normalized spacial score (nSPS) is 13.0. The molecule has 4 nitrogen and oxygen atoms in total. The van der Waals surface area contributed by atoms with Crippen LogP contribution in [0.25, 0.3) is 11.0 Å². The number of rotatable bonds is 1. The second kappa shape index (κ2) is 5.22. The summed E-state index contributed by atoms with van der Waals surface area (Å²) in [6.45, 7) is 1.48. The first-order valence-corrected chi connectivity index (χ1v) is 6.67. The standard InChI is InChI=1S/C16H13N3O.ClH/c20-15(12-6-2-1-3-7-12)19-11-10-18-14-9-5-4-8-13(14)17-16(18)19;/h1-9H,10-11H2;1H. The molecule has 2 heterocycles. The number of carbonyl (C=O) groups is 1. The second-order valence-electron chi connectivity index (χ2n) is 4.87. The van der Waals surface area contributed by atoms with E-state index in [9.17, 15) is 4.79 Å². The Kier molecular flexibility index (Phi) is 3.39. The van der Waals surface area contributed by atoms with Gasteiger partial charge in [0.05, 0.1) is 11.0 Å². The molecular weight excluding hydrogens is 286 g/mol. The molecule has 2 aromatic carbocycles. The third-order valence-corrected chi connectivity index (χ3v) is 3.69. The number of aromatic nitrogens is 2. The molecule has 5 heteroatoms. The van der Waals surface area contributed by atoms with Gasteiger partial charge in [-0.05, 0) is 24.3 Å². The average molecular weight is 300 g/mol. The molecule has 1 amide bonds. The minimum Gasteiger partial charge on any atom is -0.308 e. The van der Waals surface area contributed by atoms with Gasteiger partial charge in [0.25, 0.3) is 5.91 Å². The van der Waals surface area contributed by atoms with Gasteiger partial charge in [0.1, 0.15) is 0 Å². The monoisotopic (exact) mass is 299 g/mol. The number of fused-ring (bicyclic) bond motifs is 3. The van der Waals surface area contributed by atoms with Crippen LogP contribution in [0.3, 0.4) is 0 Å². The summed E-state index contributed by atoms with van der Waals surface area (Å²) in [6.07, 6.45) is 0. The highest BCUT2D eigenvalue weighted by molar-refractivity contribution is 6.06. The van der Waals surface area contributed by atoms with Gasteiger partial charge in [0.2, 0.25) is 5.95 Å². The van der Waals surface area contributed by atoms with Gasteiger partial charge in [-0.2, -0.15) is 0 Å². The van der Waals surface area contributed by atoms with Crippen LogP contribution in [0, 0.1) is 0 Å². The Morgan fingerprint density at radius 2 is 1.67 bits per heavy atom. The van der Waals surface area contributed by atoms with Gasteiger partial charge in [-0.15, -0.1) is 12.4 Å². The Bertz CT molecular complexity index is 798.